The Labute approximate surface area is 186 Å². The summed E-state index contributed by atoms with van der Waals surface area (Å²) in [5.41, 5.74) is 1.24. The first-order valence-electron chi connectivity index (χ1n) is 9.43. The number of anilines is 1. The number of guanidine groups is 1. The number of methoxy groups -OCH3 is 1. The minimum atomic E-state index is 0. The molecule has 2 N–H and O–H groups in total. The third-order valence-corrected chi connectivity index (χ3v) is 6.01. The molecule has 1 saturated heterocycles. The molecule has 1 atom stereocenters. The maximum atomic E-state index is 5.35. The molecule has 27 heavy (non-hydrogen) atoms. The van der Waals surface area contributed by atoms with E-state index in [0.29, 0.717) is 5.92 Å². The molecule has 0 bridgehead atoms. The molecule has 1 fully saturated rings. The van der Waals surface area contributed by atoms with E-state index in [1.165, 1.54) is 12.1 Å². The van der Waals surface area contributed by atoms with Crippen LogP contribution >= 0.6 is 35.7 Å². The SMILES string of the molecule is CCNC(=NCC(C)(C)SC)NCC1CCN(c2cccc(OC)c2)C1.I. The van der Waals surface area contributed by atoms with Crippen molar-refractivity contribution in [3.05, 3.63) is 24.3 Å². The second-order valence-electron chi connectivity index (χ2n) is 7.34. The van der Waals surface area contributed by atoms with Gasteiger partial charge in [0.25, 0.3) is 0 Å². The summed E-state index contributed by atoms with van der Waals surface area (Å²) in [4.78, 5) is 7.20. The molecule has 1 heterocycles. The van der Waals surface area contributed by atoms with Gasteiger partial charge in [0.15, 0.2) is 5.96 Å². The highest BCUT2D eigenvalue weighted by Gasteiger charge is 2.23. The first-order valence-corrected chi connectivity index (χ1v) is 10.7. The number of nitrogens with zero attached hydrogens (tertiary/aromatic N) is 2. The van der Waals surface area contributed by atoms with E-state index in [2.05, 4.69) is 60.8 Å². The Hall–Kier alpha value is -0.830. The van der Waals surface area contributed by atoms with Gasteiger partial charge in [0.1, 0.15) is 5.75 Å². The highest BCUT2D eigenvalue weighted by molar-refractivity contribution is 14.0. The van der Waals surface area contributed by atoms with Crippen molar-refractivity contribution in [2.45, 2.75) is 31.9 Å². The van der Waals surface area contributed by atoms with E-state index in [4.69, 9.17) is 9.73 Å². The number of nitrogens with one attached hydrogen (secondary N) is 2. The smallest absolute Gasteiger partial charge is 0.191 e. The summed E-state index contributed by atoms with van der Waals surface area (Å²) in [5, 5.41) is 6.89. The number of hydrogen-bond donors (Lipinski definition) is 2. The summed E-state index contributed by atoms with van der Waals surface area (Å²) < 4.78 is 5.51. The van der Waals surface area contributed by atoms with Crippen LogP contribution in [0.2, 0.25) is 0 Å². The number of rotatable bonds is 8. The van der Waals surface area contributed by atoms with Crippen molar-refractivity contribution in [1.29, 1.82) is 0 Å². The lowest BCUT2D eigenvalue weighted by molar-refractivity contribution is 0.415. The normalized spacial score (nSPS) is 17.4. The first-order chi connectivity index (χ1) is 12.5. The lowest BCUT2D eigenvalue weighted by atomic mass is 10.1. The van der Waals surface area contributed by atoms with Gasteiger partial charge < -0.3 is 20.3 Å². The molecule has 0 spiro atoms. The zero-order valence-electron chi connectivity index (χ0n) is 17.2. The zero-order chi connectivity index (χ0) is 19.0. The third-order valence-electron chi connectivity index (χ3n) is 4.78. The molecule has 1 unspecified atom stereocenters. The second kappa shape index (κ2) is 11.9. The van der Waals surface area contributed by atoms with Crippen LogP contribution in [0.4, 0.5) is 5.69 Å². The van der Waals surface area contributed by atoms with Crippen molar-refractivity contribution in [3.8, 4) is 5.75 Å². The van der Waals surface area contributed by atoms with Gasteiger partial charge in [-0.15, -0.1) is 24.0 Å². The Morgan fingerprint density at radius 2 is 2.15 bits per heavy atom. The van der Waals surface area contributed by atoms with Gasteiger partial charge in [-0.3, -0.25) is 4.99 Å². The summed E-state index contributed by atoms with van der Waals surface area (Å²) in [6.45, 7) is 11.4. The van der Waals surface area contributed by atoms with Crippen molar-refractivity contribution in [2.24, 2.45) is 10.9 Å². The van der Waals surface area contributed by atoms with Crippen LogP contribution in [0.25, 0.3) is 0 Å². The summed E-state index contributed by atoms with van der Waals surface area (Å²) in [6.07, 6.45) is 3.33. The summed E-state index contributed by atoms with van der Waals surface area (Å²) in [6, 6.07) is 8.33. The van der Waals surface area contributed by atoms with Crippen molar-refractivity contribution < 1.29 is 4.74 Å². The predicted molar refractivity (Wildman–Crippen MR) is 130 cm³/mol. The Kier molecular flexibility index (Phi) is 10.7. The molecule has 1 aliphatic heterocycles. The van der Waals surface area contributed by atoms with Crippen LogP contribution in [0.3, 0.4) is 0 Å². The molecule has 1 aromatic carbocycles. The molecular weight excluding hydrogens is 471 g/mol. The van der Waals surface area contributed by atoms with Crippen molar-refractivity contribution in [2.75, 3.05) is 51.0 Å². The van der Waals surface area contributed by atoms with Gasteiger partial charge in [0.2, 0.25) is 0 Å². The lowest BCUT2D eigenvalue weighted by Gasteiger charge is -2.21. The van der Waals surface area contributed by atoms with Crippen LogP contribution in [-0.2, 0) is 0 Å². The van der Waals surface area contributed by atoms with Crippen LogP contribution in [0.1, 0.15) is 27.2 Å². The topological polar surface area (TPSA) is 48.9 Å². The minimum Gasteiger partial charge on any atom is -0.497 e. The van der Waals surface area contributed by atoms with Crippen LogP contribution in [0.15, 0.2) is 29.3 Å². The van der Waals surface area contributed by atoms with E-state index >= 15 is 0 Å². The zero-order valence-corrected chi connectivity index (χ0v) is 20.4. The number of aliphatic imine (C=N–C) groups is 1. The molecule has 2 rings (SSSR count). The summed E-state index contributed by atoms with van der Waals surface area (Å²) in [5.74, 6) is 2.47. The molecular formula is C20H35IN4OS. The highest BCUT2D eigenvalue weighted by atomic mass is 127. The number of hydrogen-bond acceptors (Lipinski definition) is 4. The fourth-order valence-corrected chi connectivity index (χ4v) is 3.15. The fraction of sp³-hybridized carbons (Fsp3) is 0.650. The average Bonchev–Trinajstić information content (AvgIpc) is 3.13. The molecule has 0 amide bonds. The predicted octanol–water partition coefficient (Wildman–Crippen LogP) is 3.84. The number of thioether (sulfide) groups is 1. The van der Waals surface area contributed by atoms with Gasteiger partial charge in [-0.2, -0.15) is 11.8 Å². The molecule has 1 aromatic rings. The Morgan fingerprint density at radius 3 is 2.81 bits per heavy atom. The second-order valence-corrected chi connectivity index (χ2v) is 8.86. The maximum Gasteiger partial charge on any atom is 0.191 e. The molecule has 0 aliphatic carbocycles. The third kappa shape index (κ3) is 7.97. The number of ether oxygens (including phenoxy) is 1. The van der Waals surface area contributed by atoms with Crippen LogP contribution in [0, 0.1) is 5.92 Å². The molecule has 7 heteroatoms. The highest BCUT2D eigenvalue weighted by Crippen LogP contribution is 2.26. The molecule has 5 nitrogen and oxygen atoms in total. The number of benzene rings is 1. The Bertz CT molecular complexity index is 597. The minimum absolute atomic E-state index is 0. The van der Waals surface area contributed by atoms with E-state index in [1.807, 2.05) is 17.8 Å². The Morgan fingerprint density at radius 1 is 1.37 bits per heavy atom. The maximum absolute atomic E-state index is 5.35. The number of halogens is 1. The fourth-order valence-electron chi connectivity index (χ4n) is 2.96. The van der Waals surface area contributed by atoms with Crippen LogP contribution < -0.4 is 20.3 Å². The largest absolute Gasteiger partial charge is 0.497 e. The van der Waals surface area contributed by atoms with Crippen molar-refractivity contribution in [1.82, 2.24) is 10.6 Å². The lowest BCUT2D eigenvalue weighted by Crippen LogP contribution is -2.41. The summed E-state index contributed by atoms with van der Waals surface area (Å²) in [7, 11) is 1.72. The molecule has 0 radical (unpaired) electrons. The van der Waals surface area contributed by atoms with E-state index in [1.54, 1.807) is 7.11 Å². The van der Waals surface area contributed by atoms with Crippen molar-refractivity contribution >= 4 is 47.4 Å². The van der Waals surface area contributed by atoms with E-state index in [0.717, 1.165) is 44.4 Å². The van der Waals surface area contributed by atoms with Gasteiger partial charge in [0.05, 0.1) is 13.7 Å². The first kappa shape index (κ1) is 24.2. The van der Waals surface area contributed by atoms with Gasteiger partial charge in [-0.05, 0) is 51.5 Å². The van der Waals surface area contributed by atoms with Gasteiger partial charge in [0, 0.05) is 42.7 Å². The van der Waals surface area contributed by atoms with E-state index in [-0.39, 0.29) is 28.7 Å². The van der Waals surface area contributed by atoms with Crippen molar-refractivity contribution in [3.63, 3.8) is 0 Å². The molecule has 0 aromatic heterocycles. The van der Waals surface area contributed by atoms with Gasteiger partial charge >= 0.3 is 0 Å². The molecule has 1 aliphatic rings. The van der Waals surface area contributed by atoms with Crippen LogP contribution in [0.5, 0.6) is 5.75 Å². The Balaban J connectivity index is 0.00000364. The summed E-state index contributed by atoms with van der Waals surface area (Å²) >= 11 is 1.85. The quantitative estimate of drug-likeness (QED) is 0.319. The van der Waals surface area contributed by atoms with E-state index in [9.17, 15) is 0 Å². The monoisotopic (exact) mass is 506 g/mol. The van der Waals surface area contributed by atoms with E-state index < -0.39 is 0 Å². The standard InChI is InChI=1S/C20H34N4OS.HI/c1-6-21-19(23-15-20(2,3)26-5)22-13-16-10-11-24(14-16)17-8-7-9-18(12-17)25-4;/h7-9,12,16H,6,10-11,13-15H2,1-5H3,(H2,21,22,23);1H. The average molecular weight is 506 g/mol. The van der Waals surface area contributed by atoms with Crippen LogP contribution in [-0.4, -0.2) is 56.8 Å². The van der Waals surface area contributed by atoms with Gasteiger partial charge in [-0.1, -0.05) is 6.07 Å². The molecule has 154 valence electrons. The molecule has 0 saturated carbocycles. The van der Waals surface area contributed by atoms with Gasteiger partial charge in [-0.25, -0.2) is 0 Å².